The molecule has 156 valence electrons. The van der Waals surface area contributed by atoms with E-state index >= 15 is 8.78 Å². The Bertz CT molecular complexity index is 633. The van der Waals surface area contributed by atoms with E-state index in [4.69, 9.17) is 9.05 Å². The van der Waals surface area contributed by atoms with Crippen LogP contribution in [0.2, 0.25) is 0 Å². The van der Waals surface area contributed by atoms with Gasteiger partial charge in [-0.15, -0.1) is 0 Å². The van der Waals surface area contributed by atoms with Crippen molar-refractivity contribution in [2.45, 2.75) is 70.0 Å². The van der Waals surface area contributed by atoms with E-state index in [0.717, 1.165) is 18.4 Å². The van der Waals surface area contributed by atoms with Crippen molar-refractivity contribution in [3.8, 4) is 0 Å². The van der Waals surface area contributed by atoms with Crippen LogP contribution < -0.4 is 4.72 Å². The molecule has 0 saturated heterocycles. The van der Waals surface area contributed by atoms with Gasteiger partial charge in [-0.2, -0.15) is 8.78 Å². The number of hydrogen-bond donors (Lipinski definition) is 1. The van der Waals surface area contributed by atoms with Gasteiger partial charge in [-0.3, -0.25) is 4.57 Å². The summed E-state index contributed by atoms with van der Waals surface area (Å²) < 4.78 is 67.9. The fraction of sp³-hybridized carbons (Fsp3) is 0.667. The lowest BCUT2D eigenvalue weighted by Gasteiger charge is -2.32. The van der Waals surface area contributed by atoms with Crippen LogP contribution in [0, 0.1) is 6.92 Å². The third-order valence-corrected chi connectivity index (χ3v) is 7.40. The van der Waals surface area contributed by atoms with Crippen LogP contribution in [-0.2, 0) is 24.6 Å². The Morgan fingerprint density at radius 1 is 1.11 bits per heavy atom. The molecule has 9 heteroatoms. The maximum Gasteiger partial charge on any atom is 0.401 e. The summed E-state index contributed by atoms with van der Waals surface area (Å²) >= 11 is 0. The Morgan fingerprint density at radius 3 is 2.15 bits per heavy atom. The second-order valence-electron chi connectivity index (χ2n) is 6.17. The Morgan fingerprint density at radius 2 is 1.67 bits per heavy atom. The summed E-state index contributed by atoms with van der Waals surface area (Å²) in [5.74, 6) is 0. The zero-order valence-electron chi connectivity index (χ0n) is 16.4. The number of rotatable bonds is 13. The Labute approximate surface area is 163 Å². The second-order valence-corrected chi connectivity index (χ2v) is 9.52. The van der Waals surface area contributed by atoms with Crippen molar-refractivity contribution in [3.05, 3.63) is 29.8 Å². The minimum atomic E-state index is -4.71. The summed E-state index contributed by atoms with van der Waals surface area (Å²) in [5.41, 5.74) is -2.84. The van der Waals surface area contributed by atoms with Gasteiger partial charge in [0.15, 0.2) is 0 Å². The average molecular weight is 425 g/mol. The molecule has 0 amide bonds. The molecule has 0 aliphatic carbocycles. The molecule has 0 saturated carbocycles. The molecule has 0 heterocycles. The third kappa shape index (κ3) is 6.71. The fourth-order valence-corrected chi connectivity index (χ4v) is 5.31. The molecule has 0 bridgehead atoms. The van der Waals surface area contributed by atoms with Crippen molar-refractivity contribution in [1.29, 1.82) is 0 Å². The first-order valence-corrected chi connectivity index (χ1v) is 11.9. The standard InChI is InChI=1S/C18H30F2NO4PS/c1-5-8-9-10-17(18(19,20)26(22,24-6-2)25-7-3)21-27(23)16-13-11-15(4)12-14-16/h11-14,17,21H,5-10H2,1-4H3/t17-,27?/m1/s1. The highest BCUT2D eigenvalue weighted by Crippen LogP contribution is 2.63. The Kier molecular flexibility index (Phi) is 10.3. The van der Waals surface area contributed by atoms with Gasteiger partial charge in [0.05, 0.1) is 24.2 Å². The zero-order chi connectivity index (χ0) is 20.5. The summed E-state index contributed by atoms with van der Waals surface area (Å²) in [6.07, 6.45) is 2.06. The smallest absolute Gasteiger partial charge is 0.305 e. The van der Waals surface area contributed by atoms with E-state index in [0.29, 0.717) is 11.3 Å². The summed E-state index contributed by atoms with van der Waals surface area (Å²) in [7, 11) is -6.59. The number of halogens is 2. The SMILES string of the molecule is CCCCC[C@@H](NS(=O)c1ccc(C)cc1)C(F)(F)P(=O)(OCC)OCC. The summed E-state index contributed by atoms with van der Waals surface area (Å²) in [4.78, 5) is 0.375. The van der Waals surface area contributed by atoms with Gasteiger partial charge in [0.2, 0.25) is 0 Å². The van der Waals surface area contributed by atoms with E-state index < -0.39 is 30.3 Å². The molecule has 1 unspecified atom stereocenters. The molecule has 0 aliphatic rings. The van der Waals surface area contributed by atoms with Gasteiger partial charge in [0.25, 0.3) is 0 Å². The van der Waals surface area contributed by atoms with Crippen molar-refractivity contribution in [1.82, 2.24) is 4.72 Å². The molecule has 0 aromatic heterocycles. The average Bonchev–Trinajstić information content (AvgIpc) is 2.61. The highest BCUT2D eigenvalue weighted by atomic mass is 32.2. The summed E-state index contributed by atoms with van der Waals surface area (Å²) in [6, 6.07) is 5.14. The zero-order valence-corrected chi connectivity index (χ0v) is 18.1. The van der Waals surface area contributed by atoms with Gasteiger partial charge in [-0.05, 0) is 39.3 Å². The van der Waals surface area contributed by atoms with Crippen molar-refractivity contribution in [2.75, 3.05) is 13.2 Å². The van der Waals surface area contributed by atoms with Gasteiger partial charge in [-0.25, -0.2) is 8.93 Å². The van der Waals surface area contributed by atoms with Crippen molar-refractivity contribution in [3.63, 3.8) is 0 Å². The van der Waals surface area contributed by atoms with Gasteiger partial charge in [0, 0.05) is 0 Å². The topological polar surface area (TPSA) is 64.6 Å². The Balaban J connectivity index is 3.11. The third-order valence-electron chi connectivity index (χ3n) is 3.96. The molecule has 2 atom stereocenters. The minimum absolute atomic E-state index is 0.00256. The van der Waals surface area contributed by atoms with Crippen LogP contribution in [0.4, 0.5) is 8.78 Å². The Hall–Kier alpha value is -0.660. The predicted octanol–water partition coefficient (Wildman–Crippen LogP) is 5.42. The molecule has 1 aromatic rings. The summed E-state index contributed by atoms with van der Waals surface area (Å²) in [5, 5.41) is 0. The first-order valence-electron chi connectivity index (χ1n) is 9.23. The maximum absolute atomic E-state index is 15.2. The molecule has 27 heavy (non-hydrogen) atoms. The molecular formula is C18H30F2NO4PS. The van der Waals surface area contributed by atoms with E-state index in [1.165, 1.54) is 13.8 Å². The first-order chi connectivity index (χ1) is 12.7. The van der Waals surface area contributed by atoms with Crippen molar-refractivity contribution < 1.29 is 26.6 Å². The number of hydrogen-bond acceptors (Lipinski definition) is 4. The molecule has 5 nitrogen and oxygen atoms in total. The van der Waals surface area contributed by atoms with Gasteiger partial charge < -0.3 is 9.05 Å². The maximum atomic E-state index is 15.2. The molecule has 1 aromatic carbocycles. The lowest BCUT2D eigenvalue weighted by atomic mass is 10.1. The van der Waals surface area contributed by atoms with Crippen LogP contribution in [-0.4, -0.2) is 29.1 Å². The van der Waals surface area contributed by atoms with Crippen LogP contribution in [0.3, 0.4) is 0 Å². The lowest BCUT2D eigenvalue weighted by molar-refractivity contribution is 0.00937. The highest BCUT2D eigenvalue weighted by molar-refractivity contribution is 7.83. The van der Waals surface area contributed by atoms with E-state index in [9.17, 15) is 8.77 Å². The molecule has 0 spiro atoms. The van der Waals surface area contributed by atoms with Crippen LogP contribution in [0.5, 0.6) is 0 Å². The van der Waals surface area contributed by atoms with E-state index in [1.54, 1.807) is 24.3 Å². The van der Waals surface area contributed by atoms with E-state index in [-0.39, 0.29) is 19.6 Å². The van der Waals surface area contributed by atoms with Crippen LogP contribution in [0.25, 0.3) is 0 Å². The van der Waals surface area contributed by atoms with Crippen molar-refractivity contribution >= 4 is 18.6 Å². The highest BCUT2D eigenvalue weighted by Gasteiger charge is 2.58. The number of alkyl halides is 2. The molecule has 1 rings (SSSR count). The molecule has 0 radical (unpaired) electrons. The molecule has 0 fully saturated rings. The number of benzene rings is 1. The molecular weight excluding hydrogens is 395 g/mol. The van der Waals surface area contributed by atoms with Crippen LogP contribution in [0.1, 0.15) is 52.0 Å². The van der Waals surface area contributed by atoms with Gasteiger partial charge in [0.1, 0.15) is 11.0 Å². The van der Waals surface area contributed by atoms with Gasteiger partial charge in [-0.1, -0.05) is 43.9 Å². The number of nitrogens with one attached hydrogen (secondary N) is 1. The van der Waals surface area contributed by atoms with Gasteiger partial charge >= 0.3 is 13.3 Å². The van der Waals surface area contributed by atoms with Crippen molar-refractivity contribution in [2.24, 2.45) is 0 Å². The first kappa shape index (κ1) is 24.4. The number of aryl methyl sites for hydroxylation is 1. The monoisotopic (exact) mass is 425 g/mol. The number of unbranched alkanes of at least 4 members (excludes halogenated alkanes) is 2. The largest absolute Gasteiger partial charge is 0.401 e. The predicted molar refractivity (Wildman–Crippen MR) is 104 cm³/mol. The summed E-state index contributed by atoms with van der Waals surface area (Å²) in [6.45, 7) is 6.45. The molecule has 0 aliphatic heterocycles. The quantitative estimate of drug-likeness (QED) is 0.339. The van der Waals surface area contributed by atoms with Crippen LogP contribution >= 0.6 is 7.60 Å². The van der Waals surface area contributed by atoms with E-state index in [1.807, 2.05) is 13.8 Å². The fourth-order valence-electron chi connectivity index (χ4n) is 2.50. The lowest BCUT2D eigenvalue weighted by Crippen LogP contribution is -2.46. The molecule has 1 N–H and O–H groups in total. The van der Waals surface area contributed by atoms with E-state index in [2.05, 4.69) is 4.72 Å². The second kappa shape index (κ2) is 11.4. The normalized spacial score (nSPS) is 14.9. The van der Waals surface area contributed by atoms with Crippen LogP contribution in [0.15, 0.2) is 29.2 Å². The minimum Gasteiger partial charge on any atom is -0.305 e.